The van der Waals surface area contributed by atoms with Crippen LogP contribution in [-0.2, 0) is 14.2 Å². The Morgan fingerprint density at radius 1 is 0.964 bits per heavy atom. The normalized spacial score (nSPS) is 15.7. The third-order valence-electron chi connectivity index (χ3n) is 4.25. The van der Waals surface area contributed by atoms with Gasteiger partial charge in [0.2, 0.25) is 0 Å². The first kappa shape index (κ1) is 19.6. The van der Waals surface area contributed by atoms with Crippen LogP contribution in [0.4, 0.5) is 0 Å². The molecule has 1 aliphatic heterocycles. The molecule has 1 aliphatic rings. The van der Waals surface area contributed by atoms with Gasteiger partial charge in [-0.1, -0.05) is 6.07 Å². The van der Waals surface area contributed by atoms with Gasteiger partial charge in [-0.25, -0.2) is 14.4 Å². The van der Waals surface area contributed by atoms with Crippen molar-refractivity contribution in [3.8, 4) is 5.75 Å². The highest BCUT2D eigenvalue weighted by atomic mass is 16.6. The second kappa shape index (κ2) is 9.14. The molecular weight excluding hydrogens is 364 g/mol. The summed E-state index contributed by atoms with van der Waals surface area (Å²) >= 11 is 0. The van der Waals surface area contributed by atoms with Crippen LogP contribution in [0.1, 0.15) is 43.9 Å². The molecule has 1 atom stereocenters. The summed E-state index contributed by atoms with van der Waals surface area (Å²) in [6.45, 7) is 0.893. The Balaban J connectivity index is 1.60. The van der Waals surface area contributed by atoms with Crippen molar-refractivity contribution in [2.75, 3.05) is 20.3 Å². The maximum atomic E-state index is 12.3. The van der Waals surface area contributed by atoms with Crippen molar-refractivity contribution in [1.82, 2.24) is 0 Å². The number of methoxy groups -OCH3 is 1. The Morgan fingerprint density at radius 2 is 1.68 bits per heavy atom. The van der Waals surface area contributed by atoms with Gasteiger partial charge < -0.3 is 18.9 Å². The van der Waals surface area contributed by atoms with Crippen molar-refractivity contribution in [3.63, 3.8) is 0 Å². The van der Waals surface area contributed by atoms with Gasteiger partial charge in [0.05, 0.1) is 29.9 Å². The molecule has 0 bridgehead atoms. The summed E-state index contributed by atoms with van der Waals surface area (Å²) in [5, 5.41) is 0. The SMILES string of the molecule is COC(=O)c1ccc(C(=O)Oc2cccc(C(=O)OCC3CCCO3)c2)cc1. The predicted octanol–water partition coefficient (Wildman–Crippen LogP) is 3.03. The van der Waals surface area contributed by atoms with Crippen LogP contribution < -0.4 is 4.74 Å². The zero-order valence-electron chi connectivity index (χ0n) is 15.4. The van der Waals surface area contributed by atoms with Crippen molar-refractivity contribution in [1.29, 1.82) is 0 Å². The Morgan fingerprint density at radius 3 is 2.32 bits per heavy atom. The Kier molecular flexibility index (Phi) is 6.39. The van der Waals surface area contributed by atoms with E-state index in [1.807, 2.05) is 0 Å². The number of hydrogen-bond donors (Lipinski definition) is 0. The van der Waals surface area contributed by atoms with Crippen molar-refractivity contribution in [2.45, 2.75) is 18.9 Å². The fourth-order valence-corrected chi connectivity index (χ4v) is 2.74. The molecule has 2 aromatic carbocycles. The first-order chi connectivity index (χ1) is 13.6. The summed E-state index contributed by atoms with van der Waals surface area (Å²) in [7, 11) is 1.28. The molecule has 0 spiro atoms. The molecule has 28 heavy (non-hydrogen) atoms. The molecule has 1 saturated heterocycles. The third-order valence-corrected chi connectivity index (χ3v) is 4.25. The van der Waals surface area contributed by atoms with Crippen LogP contribution in [0, 0.1) is 0 Å². The van der Waals surface area contributed by atoms with E-state index < -0.39 is 17.9 Å². The minimum Gasteiger partial charge on any atom is -0.465 e. The summed E-state index contributed by atoms with van der Waals surface area (Å²) in [5.41, 5.74) is 0.874. The molecule has 7 nitrogen and oxygen atoms in total. The number of benzene rings is 2. The summed E-state index contributed by atoms with van der Waals surface area (Å²) in [4.78, 5) is 35.9. The average Bonchev–Trinajstić information content (AvgIpc) is 3.25. The second-order valence-electron chi connectivity index (χ2n) is 6.22. The number of esters is 3. The van der Waals surface area contributed by atoms with Gasteiger partial charge in [-0.05, 0) is 55.3 Å². The number of carbonyl (C=O) groups excluding carboxylic acids is 3. The van der Waals surface area contributed by atoms with Crippen molar-refractivity contribution in [3.05, 3.63) is 65.2 Å². The van der Waals surface area contributed by atoms with Crippen LogP contribution in [0.25, 0.3) is 0 Å². The molecule has 2 aromatic rings. The summed E-state index contributed by atoms with van der Waals surface area (Å²) in [6.07, 6.45) is 1.78. The molecule has 0 saturated carbocycles. The van der Waals surface area contributed by atoms with Gasteiger partial charge in [-0.2, -0.15) is 0 Å². The lowest BCUT2D eigenvalue weighted by atomic mass is 10.1. The Hall–Kier alpha value is -3.19. The van der Waals surface area contributed by atoms with Crippen molar-refractivity contribution < 1.29 is 33.3 Å². The molecule has 1 unspecified atom stereocenters. The lowest BCUT2D eigenvalue weighted by Crippen LogP contribution is -2.18. The van der Waals surface area contributed by atoms with Crippen LogP contribution in [0.2, 0.25) is 0 Å². The van der Waals surface area contributed by atoms with E-state index in [-0.39, 0.29) is 29.6 Å². The lowest BCUT2D eigenvalue weighted by molar-refractivity contribution is 0.0161. The lowest BCUT2D eigenvalue weighted by Gasteiger charge is -2.11. The molecule has 1 heterocycles. The highest BCUT2D eigenvalue weighted by Crippen LogP contribution is 2.18. The van der Waals surface area contributed by atoms with Crippen molar-refractivity contribution in [2.24, 2.45) is 0 Å². The maximum Gasteiger partial charge on any atom is 0.343 e. The van der Waals surface area contributed by atoms with E-state index in [4.69, 9.17) is 14.2 Å². The largest absolute Gasteiger partial charge is 0.465 e. The maximum absolute atomic E-state index is 12.3. The van der Waals surface area contributed by atoms with Gasteiger partial charge in [0.25, 0.3) is 0 Å². The molecule has 0 aromatic heterocycles. The first-order valence-corrected chi connectivity index (χ1v) is 8.86. The van der Waals surface area contributed by atoms with Gasteiger partial charge in [0, 0.05) is 6.61 Å². The Labute approximate surface area is 162 Å². The quantitative estimate of drug-likeness (QED) is 0.559. The van der Waals surface area contributed by atoms with Gasteiger partial charge >= 0.3 is 17.9 Å². The molecular formula is C21H20O7. The molecule has 0 N–H and O–H groups in total. The van der Waals surface area contributed by atoms with E-state index in [1.54, 1.807) is 18.2 Å². The molecule has 3 rings (SSSR count). The molecule has 1 fully saturated rings. The second-order valence-corrected chi connectivity index (χ2v) is 6.22. The monoisotopic (exact) mass is 384 g/mol. The van der Waals surface area contributed by atoms with Gasteiger partial charge in [0.1, 0.15) is 12.4 Å². The number of hydrogen-bond acceptors (Lipinski definition) is 7. The van der Waals surface area contributed by atoms with E-state index >= 15 is 0 Å². The Bertz CT molecular complexity index is 851. The summed E-state index contributed by atoms with van der Waals surface area (Å²) < 4.78 is 20.6. The van der Waals surface area contributed by atoms with Crippen LogP contribution in [0.3, 0.4) is 0 Å². The topological polar surface area (TPSA) is 88.1 Å². The summed E-state index contributed by atoms with van der Waals surface area (Å²) in [5.74, 6) is -1.39. The number of ether oxygens (including phenoxy) is 4. The predicted molar refractivity (Wildman–Crippen MR) is 98.4 cm³/mol. The van der Waals surface area contributed by atoms with Crippen LogP contribution >= 0.6 is 0 Å². The van der Waals surface area contributed by atoms with Gasteiger partial charge in [-0.15, -0.1) is 0 Å². The standard InChI is InChI=1S/C21H20O7/c1-25-19(22)14-7-9-15(10-8-14)21(24)28-17-5-2-4-16(12-17)20(23)27-13-18-6-3-11-26-18/h2,4-5,7-10,12,18H,3,6,11,13H2,1H3. The highest BCUT2D eigenvalue weighted by Gasteiger charge is 2.19. The zero-order valence-corrected chi connectivity index (χ0v) is 15.4. The van der Waals surface area contributed by atoms with E-state index in [1.165, 1.54) is 37.4 Å². The molecule has 0 aliphatic carbocycles. The van der Waals surface area contributed by atoms with Crippen LogP contribution in [0.15, 0.2) is 48.5 Å². The highest BCUT2D eigenvalue weighted by molar-refractivity contribution is 5.94. The van der Waals surface area contributed by atoms with E-state index in [0.29, 0.717) is 12.2 Å². The van der Waals surface area contributed by atoms with Crippen molar-refractivity contribution >= 4 is 17.9 Å². The third kappa shape index (κ3) is 4.95. The van der Waals surface area contributed by atoms with Crippen LogP contribution in [-0.4, -0.2) is 44.3 Å². The number of rotatable bonds is 6. The number of carbonyl (C=O) groups is 3. The van der Waals surface area contributed by atoms with E-state index in [2.05, 4.69) is 4.74 Å². The minimum atomic E-state index is -0.610. The van der Waals surface area contributed by atoms with E-state index in [0.717, 1.165) is 12.8 Å². The van der Waals surface area contributed by atoms with Gasteiger partial charge in [0.15, 0.2) is 0 Å². The fourth-order valence-electron chi connectivity index (χ4n) is 2.74. The molecule has 146 valence electrons. The molecule has 0 radical (unpaired) electrons. The molecule has 0 amide bonds. The zero-order chi connectivity index (χ0) is 19.9. The minimum absolute atomic E-state index is 0.0575. The van der Waals surface area contributed by atoms with Gasteiger partial charge in [-0.3, -0.25) is 0 Å². The smallest absolute Gasteiger partial charge is 0.343 e. The first-order valence-electron chi connectivity index (χ1n) is 8.86. The van der Waals surface area contributed by atoms with E-state index in [9.17, 15) is 14.4 Å². The van der Waals surface area contributed by atoms with Crippen LogP contribution in [0.5, 0.6) is 5.75 Å². The fraction of sp³-hybridized carbons (Fsp3) is 0.286. The average molecular weight is 384 g/mol. The molecule has 7 heteroatoms. The summed E-state index contributed by atoms with van der Waals surface area (Å²) in [6, 6.07) is 12.1.